The second kappa shape index (κ2) is 4.51. The third-order valence-electron chi connectivity index (χ3n) is 2.49. The molecule has 0 spiro atoms. The molecule has 0 aliphatic carbocycles. The van der Waals surface area contributed by atoms with E-state index in [1.54, 1.807) is 13.3 Å². The summed E-state index contributed by atoms with van der Waals surface area (Å²) in [7, 11) is 0. The number of aromatic nitrogens is 2. The van der Waals surface area contributed by atoms with Gasteiger partial charge in [-0.25, -0.2) is 9.97 Å². The minimum atomic E-state index is -0.370. The Labute approximate surface area is 85.2 Å². The van der Waals surface area contributed by atoms with Crippen LogP contribution >= 0.6 is 0 Å². The van der Waals surface area contributed by atoms with Gasteiger partial charge in [0.15, 0.2) is 0 Å². The predicted octanol–water partition coefficient (Wildman–Crippen LogP) is 2.08. The average Bonchev–Trinajstić information content (AvgIpc) is 2.16. The van der Waals surface area contributed by atoms with Crippen LogP contribution in [0, 0.1) is 0 Å². The first-order valence-corrected chi connectivity index (χ1v) is 5.02. The Morgan fingerprint density at radius 3 is 2.14 bits per heavy atom. The van der Waals surface area contributed by atoms with Gasteiger partial charge in [0.25, 0.3) is 0 Å². The van der Waals surface area contributed by atoms with E-state index in [-0.39, 0.29) is 12.0 Å². The fraction of sp³-hybridized carbons (Fsp3) is 0.636. The molecule has 0 fully saturated rings. The Hall–Kier alpha value is -0.960. The van der Waals surface area contributed by atoms with Crippen LogP contribution in [0.2, 0.25) is 0 Å². The highest BCUT2D eigenvalue weighted by Gasteiger charge is 2.14. The Bertz CT molecular complexity index is 297. The number of hydrogen-bond donors (Lipinski definition) is 1. The highest BCUT2D eigenvalue weighted by Crippen LogP contribution is 2.19. The summed E-state index contributed by atoms with van der Waals surface area (Å²) < 4.78 is 0. The second-order valence-electron chi connectivity index (χ2n) is 4.05. The van der Waals surface area contributed by atoms with Crippen molar-refractivity contribution >= 4 is 0 Å². The average molecular weight is 194 g/mol. The monoisotopic (exact) mass is 194 g/mol. The molecule has 0 saturated carbocycles. The molecule has 0 radical (unpaired) electrons. The van der Waals surface area contributed by atoms with Crippen molar-refractivity contribution in [3.05, 3.63) is 23.8 Å². The number of rotatable bonds is 3. The lowest BCUT2D eigenvalue weighted by Crippen LogP contribution is -2.13. The minimum Gasteiger partial charge on any atom is -0.393 e. The van der Waals surface area contributed by atoms with Gasteiger partial charge in [0.1, 0.15) is 6.33 Å². The Morgan fingerprint density at radius 1 is 1.07 bits per heavy atom. The number of hydrogen-bond acceptors (Lipinski definition) is 3. The smallest absolute Gasteiger partial charge is 0.115 e. The van der Waals surface area contributed by atoms with E-state index in [2.05, 4.69) is 23.8 Å². The van der Waals surface area contributed by atoms with Crippen LogP contribution in [-0.2, 0) is 0 Å². The third-order valence-corrected chi connectivity index (χ3v) is 2.49. The molecular formula is C11H18N2O. The lowest BCUT2D eigenvalue weighted by molar-refractivity contribution is 0.167. The van der Waals surface area contributed by atoms with E-state index >= 15 is 0 Å². The van der Waals surface area contributed by atoms with Crippen molar-refractivity contribution in [3.8, 4) is 0 Å². The van der Waals surface area contributed by atoms with Gasteiger partial charge in [0, 0.05) is 17.3 Å². The normalized spacial score (nSPS) is 15.6. The maximum Gasteiger partial charge on any atom is 0.115 e. The van der Waals surface area contributed by atoms with Crippen LogP contribution in [0.25, 0.3) is 0 Å². The SMILES string of the molecule is CC(C)c1cc(C(C)C(C)O)ncn1. The van der Waals surface area contributed by atoms with Crippen LogP contribution in [0.3, 0.4) is 0 Å². The van der Waals surface area contributed by atoms with Gasteiger partial charge >= 0.3 is 0 Å². The maximum atomic E-state index is 9.44. The van der Waals surface area contributed by atoms with Crippen molar-refractivity contribution in [2.24, 2.45) is 0 Å². The van der Waals surface area contributed by atoms with Crippen molar-refractivity contribution in [1.29, 1.82) is 0 Å². The summed E-state index contributed by atoms with van der Waals surface area (Å²) in [4.78, 5) is 8.36. The molecule has 0 amide bonds. The first-order chi connectivity index (χ1) is 6.52. The van der Waals surface area contributed by atoms with E-state index in [9.17, 15) is 5.11 Å². The molecule has 2 unspecified atom stereocenters. The van der Waals surface area contributed by atoms with E-state index in [1.165, 1.54) is 0 Å². The summed E-state index contributed by atoms with van der Waals surface area (Å²) in [6.07, 6.45) is 1.20. The van der Waals surface area contributed by atoms with Crippen LogP contribution in [0.15, 0.2) is 12.4 Å². The summed E-state index contributed by atoms with van der Waals surface area (Å²) in [6, 6.07) is 1.97. The molecule has 78 valence electrons. The van der Waals surface area contributed by atoms with Crippen LogP contribution in [0.5, 0.6) is 0 Å². The molecule has 0 bridgehead atoms. The van der Waals surface area contributed by atoms with Crippen LogP contribution in [0.1, 0.15) is 50.9 Å². The van der Waals surface area contributed by atoms with Gasteiger partial charge < -0.3 is 5.11 Å². The van der Waals surface area contributed by atoms with Gasteiger partial charge in [-0.05, 0) is 18.9 Å². The molecule has 0 saturated heterocycles. The quantitative estimate of drug-likeness (QED) is 0.801. The molecular weight excluding hydrogens is 176 g/mol. The standard InChI is InChI=1S/C11H18N2O/c1-7(2)10-5-11(13-6-12-10)8(3)9(4)14/h5-9,14H,1-4H3. The molecule has 1 aromatic heterocycles. The Balaban J connectivity index is 2.93. The molecule has 1 rings (SSSR count). The molecule has 2 atom stereocenters. The highest BCUT2D eigenvalue weighted by molar-refractivity contribution is 5.15. The molecule has 1 aromatic rings. The largest absolute Gasteiger partial charge is 0.393 e. The van der Waals surface area contributed by atoms with Gasteiger partial charge in [0.05, 0.1) is 6.10 Å². The first kappa shape index (κ1) is 11.1. The number of aliphatic hydroxyl groups is 1. The lowest BCUT2D eigenvalue weighted by atomic mass is 10.00. The molecule has 0 aromatic carbocycles. The fourth-order valence-corrected chi connectivity index (χ4v) is 1.20. The maximum absolute atomic E-state index is 9.44. The van der Waals surface area contributed by atoms with Crippen molar-refractivity contribution in [2.75, 3.05) is 0 Å². The minimum absolute atomic E-state index is 0.0653. The Morgan fingerprint density at radius 2 is 1.64 bits per heavy atom. The zero-order valence-corrected chi connectivity index (χ0v) is 9.23. The predicted molar refractivity (Wildman–Crippen MR) is 56.2 cm³/mol. The van der Waals surface area contributed by atoms with Crippen molar-refractivity contribution in [2.45, 2.75) is 45.6 Å². The van der Waals surface area contributed by atoms with Gasteiger partial charge in [-0.15, -0.1) is 0 Å². The van der Waals surface area contributed by atoms with E-state index < -0.39 is 0 Å². The lowest BCUT2D eigenvalue weighted by Gasteiger charge is -2.15. The van der Waals surface area contributed by atoms with Gasteiger partial charge in [-0.2, -0.15) is 0 Å². The number of nitrogens with zero attached hydrogens (tertiary/aromatic N) is 2. The fourth-order valence-electron chi connectivity index (χ4n) is 1.20. The van der Waals surface area contributed by atoms with E-state index in [1.807, 2.05) is 13.0 Å². The number of aliphatic hydroxyl groups excluding tert-OH is 1. The van der Waals surface area contributed by atoms with Gasteiger partial charge in [0.2, 0.25) is 0 Å². The van der Waals surface area contributed by atoms with Crippen LogP contribution in [0.4, 0.5) is 0 Å². The van der Waals surface area contributed by atoms with Crippen molar-refractivity contribution in [3.63, 3.8) is 0 Å². The molecule has 0 aliphatic heterocycles. The van der Waals surface area contributed by atoms with Crippen LogP contribution < -0.4 is 0 Å². The molecule has 3 nitrogen and oxygen atoms in total. The zero-order valence-electron chi connectivity index (χ0n) is 9.23. The summed E-state index contributed by atoms with van der Waals surface area (Å²) in [6.45, 7) is 7.94. The summed E-state index contributed by atoms with van der Waals surface area (Å²) >= 11 is 0. The van der Waals surface area contributed by atoms with E-state index in [4.69, 9.17) is 0 Å². The topological polar surface area (TPSA) is 46.0 Å². The first-order valence-electron chi connectivity index (χ1n) is 5.02. The van der Waals surface area contributed by atoms with Crippen molar-refractivity contribution in [1.82, 2.24) is 9.97 Å². The molecule has 0 aliphatic rings. The molecule has 1 N–H and O–H groups in total. The highest BCUT2D eigenvalue weighted by atomic mass is 16.3. The third kappa shape index (κ3) is 2.51. The van der Waals surface area contributed by atoms with Gasteiger partial charge in [-0.3, -0.25) is 0 Å². The Kier molecular flexibility index (Phi) is 3.58. The molecule has 14 heavy (non-hydrogen) atoms. The zero-order chi connectivity index (χ0) is 10.7. The second-order valence-corrected chi connectivity index (χ2v) is 4.05. The summed E-state index contributed by atoms with van der Waals surface area (Å²) in [5.74, 6) is 0.466. The van der Waals surface area contributed by atoms with E-state index in [0.29, 0.717) is 5.92 Å². The van der Waals surface area contributed by atoms with Crippen molar-refractivity contribution < 1.29 is 5.11 Å². The molecule has 1 heterocycles. The molecule has 3 heteroatoms. The summed E-state index contributed by atoms with van der Waals surface area (Å²) in [5, 5.41) is 9.44. The summed E-state index contributed by atoms with van der Waals surface area (Å²) in [5.41, 5.74) is 1.95. The van der Waals surface area contributed by atoms with Crippen LogP contribution in [-0.4, -0.2) is 21.2 Å². The van der Waals surface area contributed by atoms with Gasteiger partial charge in [-0.1, -0.05) is 20.8 Å². The van der Waals surface area contributed by atoms with E-state index in [0.717, 1.165) is 11.4 Å².